The molecule has 0 amide bonds. The van der Waals surface area contributed by atoms with Crippen LogP contribution in [0.1, 0.15) is 26.5 Å². The number of H-pyrrole nitrogens is 1. The molecule has 0 saturated carbocycles. The van der Waals surface area contributed by atoms with Crippen LogP contribution >= 0.6 is 11.6 Å². The highest BCUT2D eigenvalue weighted by atomic mass is 35.5. The number of nitrogens with zero attached hydrogens (tertiary/aromatic N) is 3. The number of rotatable bonds is 6. The zero-order valence-corrected chi connectivity index (χ0v) is 16.7. The van der Waals surface area contributed by atoms with Crippen LogP contribution in [0.15, 0.2) is 35.7 Å². The standard InChI is InChI=1S/C19H20ClN5O3/c1-19(2,3)15-14(20)17-22-16(24-25(17)23-15)11-5-7-13(8-6-11)21-18(28-4)12(9-26)10-27/h5-10,21,23H,1-4H3. The number of allylic oxidation sites excluding steroid dienone is 1. The van der Waals surface area contributed by atoms with Crippen molar-refractivity contribution in [2.24, 2.45) is 0 Å². The Morgan fingerprint density at radius 1 is 1.21 bits per heavy atom. The topological polar surface area (TPSA) is 101 Å². The Morgan fingerprint density at radius 2 is 1.86 bits per heavy atom. The van der Waals surface area contributed by atoms with Crippen molar-refractivity contribution in [3.63, 3.8) is 0 Å². The molecule has 3 rings (SSSR count). The number of aldehydes is 2. The number of aromatic nitrogens is 4. The Morgan fingerprint density at radius 3 is 2.36 bits per heavy atom. The third kappa shape index (κ3) is 3.63. The second-order valence-corrected chi connectivity index (χ2v) is 7.53. The molecule has 2 aromatic heterocycles. The molecule has 0 aliphatic heterocycles. The first-order valence-corrected chi connectivity index (χ1v) is 8.87. The van der Waals surface area contributed by atoms with E-state index in [2.05, 4.69) is 41.3 Å². The van der Waals surface area contributed by atoms with E-state index in [0.717, 1.165) is 11.3 Å². The Balaban J connectivity index is 1.88. The maximum atomic E-state index is 10.9. The molecule has 0 unspecified atom stereocenters. The minimum atomic E-state index is -0.151. The lowest BCUT2D eigenvalue weighted by molar-refractivity contribution is -0.110. The summed E-state index contributed by atoms with van der Waals surface area (Å²) >= 11 is 6.46. The molecule has 28 heavy (non-hydrogen) atoms. The summed E-state index contributed by atoms with van der Waals surface area (Å²) < 4.78 is 6.62. The van der Waals surface area contributed by atoms with Gasteiger partial charge in [-0.15, -0.1) is 5.10 Å². The number of benzene rings is 1. The van der Waals surface area contributed by atoms with E-state index in [4.69, 9.17) is 16.3 Å². The number of nitrogens with one attached hydrogen (secondary N) is 2. The predicted molar refractivity (Wildman–Crippen MR) is 106 cm³/mol. The van der Waals surface area contributed by atoms with Crippen LogP contribution < -0.4 is 5.32 Å². The number of halogens is 1. The average Bonchev–Trinajstić information content (AvgIpc) is 3.22. The molecule has 0 atom stereocenters. The first-order chi connectivity index (χ1) is 13.3. The summed E-state index contributed by atoms with van der Waals surface area (Å²) in [6.45, 7) is 6.17. The quantitative estimate of drug-likeness (QED) is 0.216. The van der Waals surface area contributed by atoms with Gasteiger partial charge in [-0.05, 0) is 24.3 Å². The number of hydrogen-bond donors (Lipinski definition) is 2. The highest BCUT2D eigenvalue weighted by Gasteiger charge is 2.24. The molecule has 0 bridgehead atoms. The van der Waals surface area contributed by atoms with Crippen molar-refractivity contribution in [2.45, 2.75) is 26.2 Å². The van der Waals surface area contributed by atoms with Crippen LogP contribution in [-0.4, -0.2) is 39.5 Å². The summed E-state index contributed by atoms with van der Waals surface area (Å²) in [6, 6.07) is 7.15. The van der Waals surface area contributed by atoms with Crippen molar-refractivity contribution in [2.75, 3.05) is 12.4 Å². The van der Waals surface area contributed by atoms with Crippen LogP contribution in [0.4, 0.5) is 5.69 Å². The summed E-state index contributed by atoms with van der Waals surface area (Å²) in [6.07, 6.45) is 0.861. The maximum absolute atomic E-state index is 10.9. The monoisotopic (exact) mass is 401 g/mol. The van der Waals surface area contributed by atoms with Gasteiger partial charge in [0.15, 0.2) is 24.0 Å². The molecule has 0 saturated heterocycles. The second kappa shape index (κ2) is 7.47. The summed E-state index contributed by atoms with van der Waals surface area (Å²) in [5.74, 6) is 0.594. The number of anilines is 1. The van der Waals surface area contributed by atoms with Gasteiger partial charge in [-0.2, -0.15) is 4.63 Å². The Labute approximate surface area is 166 Å². The largest absolute Gasteiger partial charge is 0.482 e. The normalized spacial score (nSPS) is 11.3. The minimum Gasteiger partial charge on any atom is -0.482 e. The molecule has 8 nitrogen and oxygen atoms in total. The van der Waals surface area contributed by atoms with Crippen LogP contribution in [0, 0.1) is 0 Å². The van der Waals surface area contributed by atoms with Crippen LogP contribution in [0.5, 0.6) is 0 Å². The molecule has 2 heterocycles. The van der Waals surface area contributed by atoms with Gasteiger partial charge in [0, 0.05) is 16.7 Å². The Kier molecular flexibility index (Phi) is 5.24. The van der Waals surface area contributed by atoms with E-state index in [-0.39, 0.29) is 16.9 Å². The summed E-state index contributed by atoms with van der Waals surface area (Å²) in [7, 11) is 1.37. The number of ether oxygens (including phenoxy) is 1. The second-order valence-electron chi connectivity index (χ2n) is 7.15. The van der Waals surface area contributed by atoms with Gasteiger partial charge >= 0.3 is 0 Å². The number of fused-ring (bicyclic) bond motifs is 1. The van der Waals surface area contributed by atoms with Crippen LogP contribution in [0.2, 0.25) is 5.02 Å². The molecule has 0 spiro atoms. The molecule has 9 heteroatoms. The lowest BCUT2D eigenvalue weighted by atomic mass is 9.92. The van der Waals surface area contributed by atoms with Gasteiger partial charge in [-0.3, -0.25) is 14.7 Å². The summed E-state index contributed by atoms with van der Waals surface area (Å²) in [5, 5.41) is 11.1. The number of carbonyl (C=O) groups excluding carboxylic acids is 2. The molecule has 1 aromatic carbocycles. The zero-order chi connectivity index (χ0) is 20.5. The lowest BCUT2D eigenvalue weighted by Gasteiger charge is -2.16. The van der Waals surface area contributed by atoms with E-state index in [9.17, 15) is 9.59 Å². The van der Waals surface area contributed by atoms with Gasteiger partial charge in [0.05, 0.1) is 12.8 Å². The number of methoxy groups -OCH3 is 1. The summed E-state index contributed by atoms with van der Waals surface area (Å²) in [5.41, 5.74) is 2.59. The molecular weight excluding hydrogens is 382 g/mol. The fraction of sp³-hybridized carbons (Fsp3) is 0.263. The smallest absolute Gasteiger partial charge is 0.205 e. The first-order valence-electron chi connectivity index (χ1n) is 8.49. The Hall–Kier alpha value is -3.13. The van der Waals surface area contributed by atoms with Gasteiger partial charge in [-0.25, -0.2) is 4.98 Å². The van der Waals surface area contributed by atoms with Gasteiger partial charge in [0.2, 0.25) is 5.88 Å². The lowest BCUT2D eigenvalue weighted by Crippen LogP contribution is -2.12. The molecule has 146 valence electrons. The third-order valence-electron chi connectivity index (χ3n) is 4.11. The van der Waals surface area contributed by atoms with Crippen LogP contribution in [0.3, 0.4) is 0 Å². The van der Waals surface area contributed by atoms with E-state index < -0.39 is 0 Å². The molecular formula is C19H20ClN5O3. The minimum absolute atomic E-state index is 0.0765. The van der Waals surface area contributed by atoms with E-state index in [1.807, 2.05) is 12.1 Å². The Bertz CT molecular complexity index is 1050. The van der Waals surface area contributed by atoms with Crippen molar-refractivity contribution in [3.05, 3.63) is 46.4 Å². The van der Waals surface area contributed by atoms with Crippen molar-refractivity contribution in [1.82, 2.24) is 19.8 Å². The van der Waals surface area contributed by atoms with Gasteiger partial charge in [0.1, 0.15) is 10.6 Å². The number of aromatic amines is 1. The van der Waals surface area contributed by atoms with Gasteiger partial charge in [0.25, 0.3) is 0 Å². The van der Waals surface area contributed by atoms with Crippen molar-refractivity contribution in [1.29, 1.82) is 0 Å². The number of hydrogen-bond acceptors (Lipinski definition) is 6. The van der Waals surface area contributed by atoms with Gasteiger partial charge in [-0.1, -0.05) is 32.4 Å². The van der Waals surface area contributed by atoms with Crippen LogP contribution in [-0.2, 0) is 19.7 Å². The first kappa shape index (κ1) is 19.6. The van der Waals surface area contributed by atoms with Gasteiger partial charge < -0.3 is 10.1 Å². The van der Waals surface area contributed by atoms with Crippen molar-refractivity contribution >= 4 is 35.5 Å². The van der Waals surface area contributed by atoms with E-state index in [1.165, 1.54) is 7.11 Å². The number of carbonyl (C=O) groups is 2. The van der Waals surface area contributed by atoms with Crippen LogP contribution in [0.25, 0.3) is 17.0 Å². The van der Waals surface area contributed by atoms with E-state index >= 15 is 0 Å². The fourth-order valence-electron chi connectivity index (χ4n) is 2.63. The zero-order valence-electron chi connectivity index (χ0n) is 15.9. The molecule has 3 aromatic rings. The SMILES string of the molecule is COC(Nc1ccc(-c2nc3c(Cl)c(C(C)(C)C)[nH]n3n2)cc1)=C(C=O)C=O. The third-order valence-corrected chi connectivity index (χ3v) is 4.47. The van der Waals surface area contributed by atoms with E-state index in [0.29, 0.717) is 34.8 Å². The van der Waals surface area contributed by atoms with E-state index in [1.54, 1.807) is 16.8 Å². The molecule has 0 aliphatic rings. The average molecular weight is 402 g/mol. The summed E-state index contributed by atoms with van der Waals surface area (Å²) in [4.78, 5) is 26.3. The highest BCUT2D eigenvalue weighted by Crippen LogP contribution is 2.31. The fourth-order valence-corrected chi connectivity index (χ4v) is 3.08. The molecule has 0 radical (unpaired) electrons. The molecule has 2 N–H and O–H groups in total. The predicted octanol–water partition coefficient (Wildman–Crippen LogP) is 3.34. The maximum Gasteiger partial charge on any atom is 0.205 e. The van der Waals surface area contributed by atoms with Crippen molar-refractivity contribution in [3.8, 4) is 11.4 Å². The molecule has 0 fully saturated rings. The van der Waals surface area contributed by atoms with Crippen molar-refractivity contribution < 1.29 is 14.3 Å². The highest BCUT2D eigenvalue weighted by molar-refractivity contribution is 6.34. The molecule has 0 aliphatic carbocycles.